The molecule has 1 rings (SSSR count). The number of aromatic nitrogens is 2. The molecule has 124 valence electrons. The summed E-state index contributed by atoms with van der Waals surface area (Å²) >= 11 is 5.74. The Morgan fingerprint density at radius 1 is 1.41 bits per heavy atom. The van der Waals surface area contributed by atoms with Crippen molar-refractivity contribution in [1.29, 1.82) is 0 Å². The van der Waals surface area contributed by atoms with Crippen LogP contribution in [0.4, 0.5) is 18.0 Å². The zero-order valence-corrected chi connectivity index (χ0v) is 12.2. The number of carbonyl (C=O) groups excluding carboxylic acids is 2. The molecule has 0 unspecified atom stereocenters. The van der Waals surface area contributed by atoms with Gasteiger partial charge in [-0.3, -0.25) is 4.79 Å². The van der Waals surface area contributed by atoms with Crippen molar-refractivity contribution >= 4 is 23.7 Å². The average molecular weight is 344 g/mol. The summed E-state index contributed by atoms with van der Waals surface area (Å²) in [5, 5.41) is 2.37. The van der Waals surface area contributed by atoms with Gasteiger partial charge in [-0.2, -0.15) is 13.2 Å². The minimum absolute atomic E-state index is 0.111. The number of nitrogens with zero attached hydrogens (tertiary/aromatic N) is 2. The van der Waals surface area contributed by atoms with Gasteiger partial charge in [-0.25, -0.2) is 9.78 Å². The van der Waals surface area contributed by atoms with E-state index in [0.717, 1.165) is 0 Å². The molecule has 0 spiro atoms. The fourth-order valence-electron chi connectivity index (χ4n) is 1.24. The number of esters is 1. The highest BCUT2D eigenvalue weighted by Gasteiger charge is 2.29. The molecule has 0 aromatic carbocycles. The minimum Gasteiger partial charge on any atom is -0.457 e. The summed E-state index contributed by atoms with van der Waals surface area (Å²) in [5.41, 5.74) is 0. The Kier molecular flexibility index (Phi) is 6.47. The summed E-state index contributed by atoms with van der Waals surface area (Å²) in [6.07, 6.45) is -4.69. The van der Waals surface area contributed by atoms with Gasteiger partial charge in [-0.05, 0) is 0 Å². The lowest BCUT2D eigenvalue weighted by atomic mass is 10.4. The molecular weight excluding hydrogens is 331 g/mol. The molecule has 1 aromatic rings. The summed E-state index contributed by atoms with van der Waals surface area (Å²) in [7, 11) is 1.64. The average Bonchev–Trinajstić information content (AvgIpc) is 2.73. The lowest BCUT2D eigenvalue weighted by Crippen LogP contribution is -2.30. The number of carbonyl (C=O) groups is 2. The van der Waals surface area contributed by atoms with Crippen LogP contribution in [0.3, 0.4) is 0 Å². The number of amides is 1. The van der Waals surface area contributed by atoms with E-state index in [-0.39, 0.29) is 19.6 Å². The first-order valence-corrected chi connectivity index (χ1v) is 6.36. The maximum Gasteiger partial charge on any atom is 0.422 e. The van der Waals surface area contributed by atoms with E-state index in [2.05, 4.69) is 9.72 Å². The number of alkyl carbamates (subject to hydrolysis) is 1. The lowest BCUT2D eigenvalue weighted by Gasteiger charge is -2.09. The number of ether oxygens (including phenoxy) is 2. The molecule has 0 bridgehead atoms. The van der Waals surface area contributed by atoms with Gasteiger partial charge in [0.1, 0.15) is 17.6 Å². The van der Waals surface area contributed by atoms with Gasteiger partial charge in [0.2, 0.25) is 0 Å². The highest BCUT2D eigenvalue weighted by atomic mass is 35.5. The Morgan fingerprint density at radius 2 is 2.09 bits per heavy atom. The highest BCUT2D eigenvalue weighted by molar-refractivity contribution is 6.29. The zero-order chi connectivity index (χ0) is 16.8. The molecule has 0 aliphatic rings. The Morgan fingerprint density at radius 3 is 2.64 bits per heavy atom. The standard InChI is InChI=1S/C11H13ClF3N3O4/c1-18-7(12)4-17-8(18)5-21-9(19)2-3-16-10(20)22-6-11(13,14)15/h4H,2-3,5-6H2,1H3,(H,16,20). The second-order valence-corrected chi connectivity index (χ2v) is 4.47. The van der Waals surface area contributed by atoms with E-state index in [1.807, 2.05) is 5.32 Å². The molecule has 0 aliphatic heterocycles. The Bertz CT molecular complexity index is 533. The molecule has 1 heterocycles. The van der Waals surface area contributed by atoms with E-state index in [4.69, 9.17) is 16.3 Å². The summed E-state index contributed by atoms with van der Waals surface area (Å²) in [4.78, 5) is 26.2. The largest absolute Gasteiger partial charge is 0.457 e. The number of imidazole rings is 1. The van der Waals surface area contributed by atoms with Crippen LogP contribution in [-0.4, -0.2) is 40.9 Å². The zero-order valence-electron chi connectivity index (χ0n) is 11.4. The molecule has 0 atom stereocenters. The third-order valence-corrected chi connectivity index (χ3v) is 2.71. The molecule has 0 saturated carbocycles. The van der Waals surface area contributed by atoms with Gasteiger partial charge in [0.05, 0.1) is 12.6 Å². The summed E-state index contributed by atoms with van der Waals surface area (Å²) in [5.74, 6) is -0.230. The number of halogens is 4. The van der Waals surface area contributed by atoms with E-state index >= 15 is 0 Å². The van der Waals surface area contributed by atoms with Crippen molar-refractivity contribution in [3.8, 4) is 0 Å². The van der Waals surface area contributed by atoms with Crippen molar-refractivity contribution in [2.24, 2.45) is 7.05 Å². The third-order valence-electron chi connectivity index (χ3n) is 2.36. The van der Waals surface area contributed by atoms with Gasteiger partial charge < -0.3 is 19.4 Å². The van der Waals surface area contributed by atoms with Gasteiger partial charge in [-0.15, -0.1) is 0 Å². The predicted molar refractivity (Wildman–Crippen MR) is 68.0 cm³/mol. The van der Waals surface area contributed by atoms with Crippen LogP contribution in [0.25, 0.3) is 0 Å². The summed E-state index contributed by atoms with van der Waals surface area (Å²) in [6.45, 7) is -2.01. The number of alkyl halides is 3. The number of nitrogens with one attached hydrogen (secondary N) is 1. The minimum atomic E-state index is -4.60. The first-order chi connectivity index (χ1) is 10.2. The van der Waals surface area contributed by atoms with Crippen molar-refractivity contribution in [3.63, 3.8) is 0 Å². The third kappa shape index (κ3) is 6.66. The smallest absolute Gasteiger partial charge is 0.422 e. The highest BCUT2D eigenvalue weighted by Crippen LogP contribution is 2.14. The normalized spacial score (nSPS) is 11.1. The molecule has 11 heteroatoms. The maximum atomic E-state index is 11.8. The van der Waals surface area contributed by atoms with Crippen LogP contribution in [0.15, 0.2) is 6.20 Å². The first kappa shape index (κ1) is 18.1. The van der Waals surface area contributed by atoms with Gasteiger partial charge >= 0.3 is 18.2 Å². The van der Waals surface area contributed by atoms with Gasteiger partial charge in [0.15, 0.2) is 6.61 Å². The van der Waals surface area contributed by atoms with Crippen LogP contribution in [0, 0.1) is 0 Å². The van der Waals surface area contributed by atoms with Crippen LogP contribution >= 0.6 is 11.6 Å². The van der Waals surface area contributed by atoms with Crippen molar-refractivity contribution in [3.05, 3.63) is 17.2 Å². The van der Waals surface area contributed by atoms with Crippen molar-refractivity contribution in [2.75, 3.05) is 13.2 Å². The predicted octanol–water partition coefficient (Wildman–Crippen LogP) is 1.80. The van der Waals surface area contributed by atoms with Gasteiger partial charge in [0, 0.05) is 13.6 Å². The van der Waals surface area contributed by atoms with Gasteiger partial charge in [-0.1, -0.05) is 11.6 Å². The van der Waals surface area contributed by atoms with E-state index in [0.29, 0.717) is 11.0 Å². The Labute approximate surface area is 128 Å². The number of hydrogen-bond acceptors (Lipinski definition) is 5. The molecule has 7 nitrogen and oxygen atoms in total. The molecule has 1 aromatic heterocycles. The number of hydrogen-bond donors (Lipinski definition) is 1. The fraction of sp³-hybridized carbons (Fsp3) is 0.545. The van der Waals surface area contributed by atoms with Crippen LogP contribution in [0.5, 0.6) is 0 Å². The van der Waals surface area contributed by atoms with Crippen molar-refractivity contribution < 1.29 is 32.2 Å². The molecule has 22 heavy (non-hydrogen) atoms. The van der Waals surface area contributed by atoms with E-state index in [9.17, 15) is 22.8 Å². The van der Waals surface area contributed by atoms with Crippen LogP contribution in [-0.2, 0) is 27.9 Å². The van der Waals surface area contributed by atoms with Crippen LogP contribution in [0.2, 0.25) is 5.15 Å². The topological polar surface area (TPSA) is 82.5 Å². The molecule has 0 saturated heterocycles. The lowest BCUT2D eigenvalue weighted by molar-refractivity contribution is -0.160. The molecular formula is C11H13ClF3N3O4. The van der Waals surface area contributed by atoms with Crippen LogP contribution in [0.1, 0.15) is 12.2 Å². The van der Waals surface area contributed by atoms with Gasteiger partial charge in [0.25, 0.3) is 0 Å². The van der Waals surface area contributed by atoms with Crippen LogP contribution < -0.4 is 5.32 Å². The Hall–Kier alpha value is -1.97. The SMILES string of the molecule is Cn1c(Cl)cnc1COC(=O)CCNC(=O)OCC(F)(F)F. The van der Waals surface area contributed by atoms with Crippen molar-refractivity contribution in [1.82, 2.24) is 14.9 Å². The maximum absolute atomic E-state index is 11.8. The quantitative estimate of drug-likeness (QED) is 0.796. The van der Waals surface area contributed by atoms with E-state index in [1.165, 1.54) is 10.8 Å². The summed E-state index contributed by atoms with van der Waals surface area (Å²) < 4.78 is 45.6. The van der Waals surface area contributed by atoms with E-state index in [1.54, 1.807) is 7.05 Å². The molecule has 0 aliphatic carbocycles. The second-order valence-electron chi connectivity index (χ2n) is 4.08. The van der Waals surface area contributed by atoms with Crippen molar-refractivity contribution in [2.45, 2.75) is 19.2 Å². The first-order valence-electron chi connectivity index (χ1n) is 5.98. The Balaban J connectivity index is 2.18. The summed E-state index contributed by atoms with van der Waals surface area (Å²) in [6, 6.07) is 0. The van der Waals surface area contributed by atoms with E-state index < -0.39 is 24.8 Å². The molecule has 0 radical (unpaired) electrons. The second kappa shape index (κ2) is 7.87. The fourth-order valence-corrected chi connectivity index (χ4v) is 1.39. The molecule has 1 amide bonds. The molecule has 0 fully saturated rings. The monoisotopic (exact) mass is 343 g/mol. The number of rotatable bonds is 6. The molecule has 1 N–H and O–H groups in total.